The van der Waals surface area contributed by atoms with E-state index in [9.17, 15) is 4.79 Å². The van der Waals surface area contributed by atoms with Gasteiger partial charge in [0.25, 0.3) is 5.91 Å². The Labute approximate surface area is 170 Å². The fourth-order valence-corrected chi connectivity index (χ4v) is 3.37. The summed E-state index contributed by atoms with van der Waals surface area (Å²) in [7, 11) is 0. The zero-order valence-corrected chi connectivity index (χ0v) is 17.2. The normalized spacial score (nSPS) is 10.5. The van der Waals surface area contributed by atoms with Gasteiger partial charge in [-0.3, -0.25) is 4.79 Å². The molecule has 0 unspecified atom stereocenters. The van der Waals surface area contributed by atoms with Crippen LogP contribution in [0, 0.1) is 0 Å². The van der Waals surface area contributed by atoms with Crippen LogP contribution in [0.25, 0.3) is 0 Å². The molecule has 0 fully saturated rings. The Bertz CT molecular complexity index is 717. The molecule has 140 valence electrons. The SMILES string of the molecule is CCOCCOc1ccc(NC(=O)COc2c(Cl)cc(Cl)cc2Br)cc1. The topological polar surface area (TPSA) is 56.8 Å². The number of ether oxygens (including phenoxy) is 3. The number of hydrogen-bond acceptors (Lipinski definition) is 4. The van der Waals surface area contributed by atoms with Crippen molar-refractivity contribution in [1.29, 1.82) is 0 Å². The van der Waals surface area contributed by atoms with Gasteiger partial charge in [-0.25, -0.2) is 0 Å². The molecule has 0 aliphatic heterocycles. The molecule has 2 aromatic rings. The summed E-state index contributed by atoms with van der Waals surface area (Å²) in [6.07, 6.45) is 0. The Morgan fingerprint density at radius 1 is 1.12 bits per heavy atom. The van der Waals surface area contributed by atoms with E-state index < -0.39 is 0 Å². The van der Waals surface area contributed by atoms with E-state index in [2.05, 4.69) is 21.2 Å². The van der Waals surface area contributed by atoms with Gasteiger partial charge in [0.1, 0.15) is 12.4 Å². The maximum Gasteiger partial charge on any atom is 0.262 e. The monoisotopic (exact) mass is 461 g/mol. The molecule has 8 heteroatoms. The maximum absolute atomic E-state index is 12.0. The van der Waals surface area contributed by atoms with Crippen LogP contribution in [0.3, 0.4) is 0 Å². The number of nitrogens with one attached hydrogen (secondary N) is 1. The molecule has 2 rings (SSSR count). The largest absolute Gasteiger partial charge is 0.491 e. The van der Waals surface area contributed by atoms with E-state index in [0.717, 1.165) is 0 Å². The third kappa shape index (κ3) is 6.68. The Morgan fingerprint density at radius 3 is 2.50 bits per heavy atom. The lowest BCUT2D eigenvalue weighted by Crippen LogP contribution is -2.20. The van der Waals surface area contributed by atoms with Gasteiger partial charge in [-0.2, -0.15) is 0 Å². The predicted octanol–water partition coefficient (Wildman–Crippen LogP) is 5.19. The Kier molecular flexibility index (Phi) is 8.51. The predicted molar refractivity (Wildman–Crippen MR) is 107 cm³/mol. The highest BCUT2D eigenvalue weighted by atomic mass is 79.9. The van der Waals surface area contributed by atoms with Gasteiger partial charge < -0.3 is 19.5 Å². The van der Waals surface area contributed by atoms with Gasteiger partial charge in [-0.1, -0.05) is 23.2 Å². The van der Waals surface area contributed by atoms with Crippen molar-refractivity contribution in [2.75, 3.05) is 31.7 Å². The lowest BCUT2D eigenvalue weighted by molar-refractivity contribution is -0.118. The number of halogens is 3. The van der Waals surface area contributed by atoms with Gasteiger partial charge in [0.2, 0.25) is 0 Å². The van der Waals surface area contributed by atoms with Gasteiger partial charge in [-0.05, 0) is 59.3 Å². The van der Waals surface area contributed by atoms with Gasteiger partial charge >= 0.3 is 0 Å². The minimum absolute atomic E-state index is 0.188. The zero-order valence-electron chi connectivity index (χ0n) is 14.1. The molecule has 1 amide bonds. The second-order valence-electron chi connectivity index (χ2n) is 5.11. The summed E-state index contributed by atoms with van der Waals surface area (Å²) in [6.45, 7) is 3.42. The zero-order chi connectivity index (χ0) is 18.9. The fourth-order valence-electron chi connectivity index (χ4n) is 2.00. The number of carbonyl (C=O) groups excluding carboxylic acids is 1. The van der Waals surface area contributed by atoms with Crippen molar-refractivity contribution in [3.05, 3.63) is 50.9 Å². The number of carbonyl (C=O) groups is 1. The molecule has 2 aromatic carbocycles. The molecular formula is C18H18BrCl2NO4. The van der Waals surface area contributed by atoms with Crippen molar-refractivity contribution in [3.8, 4) is 11.5 Å². The number of amides is 1. The highest BCUT2D eigenvalue weighted by Crippen LogP contribution is 2.36. The standard InChI is InChI=1S/C18H18BrCl2NO4/c1-2-24-7-8-25-14-5-3-13(4-6-14)22-17(23)11-26-18-15(19)9-12(20)10-16(18)21/h3-6,9-10H,2,7-8,11H2,1H3,(H,22,23). The first kappa shape index (κ1) is 20.8. The average Bonchev–Trinajstić information content (AvgIpc) is 2.59. The lowest BCUT2D eigenvalue weighted by Gasteiger charge is -2.11. The molecule has 0 atom stereocenters. The van der Waals surface area contributed by atoms with Crippen molar-refractivity contribution in [2.24, 2.45) is 0 Å². The van der Waals surface area contributed by atoms with Crippen molar-refractivity contribution in [3.63, 3.8) is 0 Å². The number of anilines is 1. The van der Waals surface area contributed by atoms with Crippen LogP contribution in [-0.4, -0.2) is 32.3 Å². The van der Waals surface area contributed by atoms with Crippen LogP contribution in [0.4, 0.5) is 5.69 Å². The molecule has 1 N–H and O–H groups in total. The molecular weight excluding hydrogens is 445 g/mol. The van der Waals surface area contributed by atoms with E-state index in [4.69, 9.17) is 37.4 Å². The van der Waals surface area contributed by atoms with Crippen molar-refractivity contribution in [1.82, 2.24) is 0 Å². The number of rotatable bonds is 9. The molecule has 0 saturated carbocycles. The summed E-state index contributed by atoms with van der Waals surface area (Å²) in [4.78, 5) is 12.0. The summed E-state index contributed by atoms with van der Waals surface area (Å²) < 4.78 is 16.8. The first-order valence-corrected chi connectivity index (χ1v) is 9.42. The van der Waals surface area contributed by atoms with Crippen molar-refractivity contribution in [2.45, 2.75) is 6.92 Å². The average molecular weight is 463 g/mol. The van der Waals surface area contributed by atoms with E-state index in [1.54, 1.807) is 36.4 Å². The maximum atomic E-state index is 12.0. The first-order valence-electron chi connectivity index (χ1n) is 7.87. The molecule has 26 heavy (non-hydrogen) atoms. The minimum Gasteiger partial charge on any atom is -0.491 e. The van der Waals surface area contributed by atoms with E-state index in [0.29, 0.717) is 51.5 Å². The molecule has 0 aliphatic rings. The molecule has 0 aliphatic carbocycles. The van der Waals surface area contributed by atoms with Crippen LogP contribution in [-0.2, 0) is 9.53 Å². The van der Waals surface area contributed by atoms with E-state index >= 15 is 0 Å². The molecule has 0 heterocycles. The Morgan fingerprint density at radius 2 is 1.85 bits per heavy atom. The third-order valence-electron chi connectivity index (χ3n) is 3.15. The Balaban J connectivity index is 1.82. The van der Waals surface area contributed by atoms with Crippen LogP contribution < -0.4 is 14.8 Å². The second kappa shape index (κ2) is 10.6. The highest BCUT2D eigenvalue weighted by molar-refractivity contribution is 9.10. The van der Waals surface area contributed by atoms with E-state index in [-0.39, 0.29) is 12.5 Å². The summed E-state index contributed by atoms with van der Waals surface area (Å²) in [6, 6.07) is 10.2. The minimum atomic E-state index is -0.312. The van der Waals surface area contributed by atoms with Gasteiger partial charge in [0.15, 0.2) is 12.4 Å². The summed E-state index contributed by atoms with van der Waals surface area (Å²) >= 11 is 15.3. The van der Waals surface area contributed by atoms with Gasteiger partial charge in [-0.15, -0.1) is 0 Å². The summed E-state index contributed by atoms with van der Waals surface area (Å²) in [5, 5.41) is 3.54. The number of benzene rings is 2. The van der Waals surface area contributed by atoms with Crippen LogP contribution in [0.5, 0.6) is 11.5 Å². The molecule has 0 spiro atoms. The van der Waals surface area contributed by atoms with E-state index in [1.807, 2.05) is 6.92 Å². The fraction of sp³-hybridized carbons (Fsp3) is 0.278. The third-order valence-corrected chi connectivity index (χ3v) is 4.24. The van der Waals surface area contributed by atoms with Crippen LogP contribution in [0.2, 0.25) is 10.0 Å². The summed E-state index contributed by atoms with van der Waals surface area (Å²) in [5.74, 6) is 0.757. The van der Waals surface area contributed by atoms with Crippen LogP contribution >= 0.6 is 39.1 Å². The molecule has 5 nitrogen and oxygen atoms in total. The number of hydrogen-bond donors (Lipinski definition) is 1. The molecule has 0 saturated heterocycles. The molecule has 0 aromatic heterocycles. The summed E-state index contributed by atoms with van der Waals surface area (Å²) in [5.41, 5.74) is 0.636. The van der Waals surface area contributed by atoms with Crippen molar-refractivity contribution < 1.29 is 19.0 Å². The molecule has 0 bridgehead atoms. The highest BCUT2D eigenvalue weighted by Gasteiger charge is 2.11. The molecule has 0 radical (unpaired) electrons. The smallest absolute Gasteiger partial charge is 0.262 e. The van der Waals surface area contributed by atoms with Gasteiger partial charge in [0, 0.05) is 17.3 Å². The quantitative estimate of drug-likeness (QED) is 0.521. The van der Waals surface area contributed by atoms with Crippen LogP contribution in [0.15, 0.2) is 40.9 Å². The second-order valence-corrected chi connectivity index (χ2v) is 6.80. The first-order chi connectivity index (χ1) is 12.5. The Hall–Kier alpha value is -1.47. The lowest BCUT2D eigenvalue weighted by atomic mass is 10.3. The van der Waals surface area contributed by atoms with Crippen molar-refractivity contribution >= 4 is 50.7 Å². The van der Waals surface area contributed by atoms with Crippen LogP contribution in [0.1, 0.15) is 6.92 Å². The van der Waals surface area contributed by atoms with E-state index in [1.165, 1.54) is 0 Å². The van der Waals surface area contributed by atoms with Gasteiger partial charge in [0.05, 0.1) is 16.1 Å².